The van der Waals surface area contributed by atoms with Gasteiger partial charge in [-0.05, 0) is 12.8 Å². The molecule has 0 N–H and O–H groups in total. The Morgan fingerprint density at radius 3 is 1.45 bits per heavy atom. The molecule has 0 bridgehead atoms. The number of hydrogen-bond donors (Lipinski definition) is 0. The van der Waals surface area contributed by atoms with Crippen molar-refractivity contribution in [3.05, 3.63) is 0 Å². The monoisotopic (exact) mass is 174 g/mol. The highest BCUT2D eigenvalue weighted by Gasteiger charge is 2.05. The second-order valence-corrected chi connectivity index (χ2v) is 4.27. The molecule has 0 aromatic rings. The van der Waals surface area contributed by atoms with Crippen LogP contribution in [0.5, 0.6) is 0 Å². The van der Waals surface area contributed by atoms with Gasteiger partial charge in [0.15, 0.2) is 0 Å². The molecule has 0 aliphatic heterocycles. The molecule has 11 heavy (non-hydrogen) atoms. The van der Waals surface area contributed by atoms with Gasteiger partial charge in [-0.1, -0.05) is 44.9 Å². The Morgan fingerprint density at radius 2 is 1.00 bits per heavy atom. The molecule has 0 heterocycles. The van der Waals surface area contributed by atoms with E-state index >= 15 is 0 Å². The van der Waals surface area contributed by atoms with E-state index in [9.17, 15) is 0 Å². The predicted octanol–water partition coefficient (Wildman–Crippen LogP) is 4.12. The lowest BCUT2D eigenvalue weighted by molar-refractivity contribution is 0.508. The molecule has 66 valence electrons. The molecule has 0 amide bonds. The molecule has 1 heteroatoms. The minimum atomic E-state index is 0.480. The van der Waals surface area contributed by atoms with Crippen molar-refractivity contribution in [3.63, 3.8) is 0 Å². The van der Waals surface area contributed by atoms with Gasteiger partial charge in [0, 0.05) is 5.38 Å². The third kappa shape index (κ3) is 4.68. The van der Waals surface area contributed by atoms with Crippen LogP contribution in [-0.2, 0) is 0 Å². The van der Waals surface area contributed by atoms with Crippen molar-refractivity contribution in [1.82, 2.24) is 0 Å². The van der Waals surface area contributed by atoms with Crippen LogP contribution >= 0.6 is 11.6 Å². The third-order valence-electron chi connectivity index (χ3n) is 2.53. The van der Waals surface area contributed by atoms with E-state index in [1.54, 1.807) is 0 Å². The van der Waals surface area contributed by atoms with Gasteiger partial charge in [0.1, 0.15) is 0 Å². The fourth-order valence-corrected chi connectivity index (χ4v) is 2.07. The molecule has 0 radical (unpaired) electrons. The Labute approximate surface area is 75.3 Å². The van der Waals surface area contributed by atoms with Crippen LogP contribution in [0.4, 0.5) is 0 Å². The van der Waals surface area contributed by atoms with Crippen LogP contribution < -0.4 is 0 Å². The Balaban J connectivity index is 2.12. The Bertz CT molecular complexity index is 80.9. The van der Waals surface area contributed by atoms with Crippen LogP contribution in [0.15, 0.2) is 0 Å². The summed E-state index contributed by atoms with van der Waals surface area (Å²) >= 11 is 6.12. The van der Waals surface area contributed by atoms with E-state index in [0.29, 0.717) is 5.38 Å². The van der Waals surface area contributed by atoms with E-state index in [4.69, 9.17) is 11.6 Å². The van der Waals surface area contributed by atoms with E-state index in [0.717, 1.165) is 0 Å². The van der Waals surface area contributed by atoms with E-state index in [1.165, 1.54) is 57.8 Å². The van der Waals surface area contributed by atoms with Gasteiger partial charge in [0.2, 0.25) is 0 Å². The SMILES string of the molecule is ClC1CCCCCCCCC1. The minimum absolute atomic E-state index is 0.480. The van der Waals surface area contributed by atoms with Crippen molar-refractivity contribution >= 4 is 11.6 Å². The summed E-state index contributed by atoms with van der Waals surface area (Å²) in [5.41, 5.74) is 0. The summed E-state index contributed by atoms with van der Waals surface area (Å²) in [4.78, 5) is 0. The molecule has 0 unspecified atom stereocenters. The molecule has 1 fully saturated rings. The molecule has 0 spiro atoms. The Morgan fingerprint density at radius 1 is 0.636 bits per heavy atom. The number of alkyl halides is 1. The second-order valence-electron chi connectivity index (χ2n) is 3.65. The highest BCUT2D eigenvalue weighted by molar-refractivity contribution is 6.20. The maximum Gasteiger partial charge on any atom is 0.0336 e. The highest BCUT2D eigenvalue weighted by Crippen LogP contribution is 2.19. The smallest absolute Gasteiger partial charge is 0.0336 e. The van der Waals surface area contributed by atoms with Gasteiger partial charge in [-0.15, -0.1) is 11.6 Å². The second kappa shape index (κ2) is 5.88. The molecule has 0 saturated heterocycles. The zero-order chi connectivity index (χ0) is 7.94. The molecule has 1 saturated carbocycles. The largest absolute Gasteiger partial charge is 0.123 e. The average molecular weight is 175 g/mol. The first-order chi connectivity index (χ1) is 5.39. The normalized spacial score (nSPS) is 24.8. The van der Waals surface area contributed by atoms with E-state index < -0.39 is 0 Å². The predicted molar refractivity (Wildman–Crippen MR) is 51.2 cm³/mol. The van der Waals surface area contributed by atoms with Crippen molar-refractivity contribution < 1.29 is 0 Å². The summed E-state index contributed by atoms with van der Waals surface area (Å²) in [6.45, 7) is 0. The van der Waals surface area contributed by atoms with Crippen LogP contribution in [0.3, 0.4) is 0 Å². The van der Waals surface area contributed by atoms with Crippen molar-refractivity contribution in [3.8, 4) is 0 Å². The lowest BCUT2D eigenvalue weighted by Crippen LogP contribution is -1.99. The lowest BCUT2D eigenvalue weighted by Gasteiger charge is -2.11. The molecule has 0 aromatic heterocycles. The van der Waals surface area contributed by atoms with Crippen molar-refractivity contribution in [2.45, 2.75) is 63.2 Å². The number of halogens is 1. The van der Waals surface area contributed by atoms with Crippen LogP contribution in [-0.4, -0.2) is 5.38 Å². The van der Waals surface area contributed by atoms with E-state index in [2.05, 4.69) is 0 Å². The van der Waals surface area contributed by atoms with E-state index in [-0.39, 0.29) is 0 Å². The van der Waals surface area contributed by atoms with Crippen LogP contribution in [0.1, 0.15) is 57.8 Å². The molecule has 0 nitrogen and oxygen atoms in total. The van der Waals surface area contributed by atoms with Crippen LogP contribution in [0, 0.1) is 0 Å². The standard InChI is InChI=1S/C10H19Cl/c11-10-8-6-4-2-1-3-5-7-9-10/h10H,1-9H2. The summed E-state index contributed by atoms with van der Waals surface area (Å²) in [6, 6.07) is 0. The first-order valence-corrected chi connectivity index (χ1v) is 5.47. The Hall–Kier alpha value is 0.290. The van der Waals surface area contributed by atoms with Crippen molar-refractivity contribution in [2.24, 2.45) is 0 Å². The number of hydrogen-bond acceptors (Lipinski definition) is 0. The summed E-state index contributed by atoms with van der Waals surface area (Å²) in [5, 5.41) is 0.480. The zero-order valence-corrected chi connectivity index (χ0v) is 8.08. The fourth-order valence-electron chi connectivity index (χ4n) is 1.76. The first kappa shape index (κ1) is 9.38. The maximum absolute atomic E-state index is 6.12. The minimum Gasteiger partial charge on any atom is -0.123 e. The van der Waals surface area contributed by atoms with Crippen molar-refractivity contribution in [2.75, 3.05) is 0 Å². The van der Waals surface area contributed by atoms with Gasteiger partial charge in [0.05, 0.1) is 0 Å². The van der Waals surface area contributed by atoms with Gasteiger partial charge in [0.25, 0.3) is 0 Å². The molecule has 1 aliphatic rings. The fraction of sp³-hybridized carbons (Fsp3) is 1.00. The van der Waals surface area contributed by atoms with Gasteiger partial charge < -0.3 is 0 Å². The molecule has 0 aromatic carbocycles. The van der Waals surface area contributed by atoms with Crippen LogP contribution in [0.2, 0.25) is 0 Å². The molecule has 0 atom stereocenters. The summed E-state index contributed by atoms with van der Waals surface area (Å²) in [5.74, 6) is 0. The van der Waals surface area contributed by atoms with Gasteiger partial charge in [-0.2, -0.15) is 0 Å². The average Bonchev–Trinajstić information content (AvgIpc) is 2.03. The quantitative estimate of drug-likeness (QED) is 0.485. The highest BCUT2D eigenvalue weighted by atomic mass is 35.5. The Kier molecular flexibility index (Phi) is 5.01. The molecule has 1 rings (SSSR count). The zero-order valence-electron chi connectivity index (χ0n) is 7.32. The van der Waals surface area contributed by atoms with Crippen molar-refractivity contribution in [1.29, 1.82) is 0 Å². The molecular weight excluding hydrogens is 156 g/mol. The topological polar surface area (TPSA) is 0 Å². The van der Waals surface area contributed by atoms with Crippen LogP contribution in [0.25, 0.3) is 0 Å². The summed E-state index contributed by atoms with van der Waals surface area (Å²) < 4.78 is 0. The van der Waals surface area contributed by atoms with E-state index in [1.807, 2.05) is 0 Å². The molecule has 1 aliphatic carbocycles. The van der Waals surface area contributed by atoms with Gasteiger partial charge in [-0.3, -0.25) is 0 Å². The maximum atomic E-state index is 6.12. The van der Waals surface area contributed by atoms with Gasteiger partial charge >= 0.3 is 0 Å². The third-order valence-corrected chi connectivity index (χ3v) is 2.97. The molecular formula is C10H19Cl. The first-order valence-electron chi connectivity index (χ1n) is 5.03. The summed E-state index contributed by atoms with van der Waals surface area (Å²) in [6.07, 6.45) is 12.3. The number of rotatable bonds is 0. The summed E-state index contributed by atoms with van der Waals surface area (Å²) in [7, 11) is 0. The van der Waals surface area contributed by atoms with Gasteiger partial charge in [-0.25, -0.2) is 0 Å². The lowest BCUT2D eigenvalue weighted by atomic mass is 10.0.